The second-order valence-corrected chi connectivity index (χ2v) is 3.85. The summed E-state index contributed by atoms with van der Waals surface area (Å²) in [6, 6.07) is 14.8. The number of carbonyl (C=O) groups is 1. The molecule has 0 spiro atoms. The van der Waals surface area contributed by atoms with Crippen molar-refractivity contribution in [2.75, 3.05) is 0 Å². The molecule has 0 unspecified atom stereocenters. The van der Waals surface area contributed by atoms with Crippen molar-refractivity contribution in [3.8, 4) is 11.1 Å². The molecule has 0 bridgehead atoms. The van der Waals surface area contributed by atoms with Crippen molar-refractivity contribution in [1.82, 2.24) is 0 Å². The molecule has 92 valence electrons. The van der Waals surface area contributed by atoms with Crippen molar-refractivity contribution in [2.24, 2.45) is 5.90 Å². The summed E-state index contributed by atoms with van der Waals surface area (Å²) in [6.07, 6.45) is 0. The van der Waals surface area contributed by atoms with Crippen LogP contribution in [0, 0.1) is 0 Å². The number of aromatic carboxylic acids is 1. The topological polar surface area (TPSA) is 72.5 Å². The second kappa shape index (κ2) is 5.44. The van der Waals surface area contributed by atoms with Crippen molar-refractivity contribution in [3.05, 3.63) is 59.7 Å². The Bertz CT molecular complexity index is 552. The lowest BCUT2D eigenvalue weighted by molar-refractivity contribution is 0.0687. The number of benzene rings is 2. The van der Waals surface area contributed by atoms with Crippen LogP contribution in [0.1, 0.15) is 15.9 Å². The van der Waals surface area contributed by atoms with Crippen molar-refractivity contribution in [1.29, 1.82) is 0 Å². The summed E-state index contributed by atoms with van der Waals surface area (Å²) >= 11 is 0. The summed E-state index contributed by atoms with van der Waals surface area (Å²) in [4.78, 5) is 15.7. The fourth-order valence-corrected chi connectivity index (χ4v) is 1.80. The first-order valence-corrected chi connectivity index (χ1v) is 5.45. The molecule has 0 aromatic heterocycles. The predicted molar refractivity (Wildman–Crippen MR) is 67.8 cm³/mol. The van der Waals surface area contributed by atoms with E-state index in [-0.39, 0.29) is 12.2 Å². The van der Waals surface area contributed by atoms with E-state index in [1.807, 2.05) is 36.4 Å². The highest BCUT2D eigenvalue weighted by Gasteiger charge is 2.11. The van der Waals surface area contributed by atoms with Gasteiger partial charge >= 0.3 is 5.97 Å². The SMILES string of the molecule is NOCc1ccc(-c2ccccc2)cc1C(=O)O. The van der Waals surface area contributed by atoms with E-state index in [1.54, 1.807) is 12.1 Å². The van der Waals surface area contributed by atoms with Gasteiger partial charge in [-0.3, -0.25) is 4.84 Å². The van der Waals surface area contributed by atoms with Gasteiger partial charge < -0.3 is 5.11 Å². The van der Waals surface area contributed by atoms with Crippen LogP contribution >= 0.6 is 0 Å². The fraction of sp³-hybridized carbons (Fsp3) is 0.0714. The molecule has 0 aliphatic rings. The molecular formula is C14H13NO3. The smallest absolute Gasteiger partial charge is 0.336 e. The molecule has 0 heterocycles. The van der Waals surface area contributed by atoms with E-state index in [0.717, 1.165) is 11.1 Å². The Hall–Kier alpha value is -2.17. The van der Waals surface area contributed by atoms with Gasteiger partial charge in [0, 0.05) is 0 Å². The van der Waals surface area contributed by atoms with Gasteiger partial charge in [-0.05, 0) is 22.8 Å². The second-order valence-electron chi connectivity index (χ2n) is 3.85. The van der Waals surface area contributed by atoms with Gasteiger partial charge in [0.25, 0.3) is 0 Å². The fourth-order valence-electron chi connectivity index (χ4n) is 1.80. The Morgan fingerprint density at radius 1 is 1.11 bits per heavy atom. The minimum Gasteiger partial charge on any atom is -0.478 e. The number of rotatable bonds is 4. The first-order valence-electron chi connectivity index (χ1n) is 5.45. The van der Waals surface area contributed by atoms with Crippen LogP contribution in [-0.2, 0) is 11.4 Å². The Kier molecular flexibility index (Phi) is 3.72. The normalized spacial score (nSPS) is 10.3. The quantitative estimate of drug-likeness (QED) is 0.809. The van der Waals surface area contributed by atoms with E-state index in [2.05, 4.69) is 4.84 Å². The Labute approximate surface area is 105 Å². The average Bonchev–Trinajstić information content (AvgIpc) is 2.40. The standard InChI is InChI=1S/C14H13NO3/c15-18-9-12-7-6-11(8-13(12)14(16)17)10-4-2-1-3-5-10/h1-8H,9,15H2,(H,16,17). The molecule has 0 aliphatic heterocycles. The lowest BCUT2D eigenvalue weighted by Gasteiger charge is -2.08. The van der Waals surface area contributed by atoms with Gasteiger partial charge in [0.15, 0.2) is 0 Å². The summed E-state index contributed by atoms with van der Waals surface area (Å²) in [6.45, 7) is 0.0801. The van der Waals surface area contributed by atoms with Crippen LogP contribution in [0.25, 0.3) is 11.1 Å². The predicted octanol–water partition coefficient (Wildman–Crippen LogP) is 2.44. The van der Waals surface area contributed by atoms with Gasteiger partial charge in [0.05, 0.1) is 12.2 Å². The molecule has 0 atom stereocenters. The number of carboxylic acid groups (broad SMARTS) is 1. The molecule has 3 N–H and O–H groups in total. The van der Waals surface area contributed by atoms with Crippen molar-refractivity contribution in [2.45, 2.75) is 6.61 Å². The molecule has 2 rings (SSSR count). The Balaban J connectivity index is 2.46. The Morgan fingerprint density at radius 2 is 1.83 bits per heavy atom. The van der Waals surface area contributed by atoms with E-state index in [4.69, 9.17) is 11.0 Å². The zero-order valence-corrected chi connectivity index (χ0v) is 9.67. The van der Waals surface area contributed by atoms with Gasteiger partial charge in [-0.25, -0.2) is 10.7 Å². The summed E-state index contributed by atoms with van der Waals surface area (Å²) in [5.74, 6) is 4.00. The van der Waals surface area contributed by atoms with Crippen molar-refractivity contribution in [3.63, 3.8) is 0 Å². The van der Waals surface area contributed by atoms with Crippen LogP contribution in [-0.4, -0.2) is 11.1 Å². The average molecular weight is 243 g/mol. The summed E-state index contributed by atoms with van der Waals surface area (Å²) in [5, 5.41) is 9.17. The molecular weight excluding hydrogens is 230 g/mol. The first-order chi connectivity index (χ1) is 8.72. The Morgan fingerprint density at radius 3 is 2.44 bits per heavy atom. The number of hydrogen-bond donors (Lipinski definition) is 2. The van der Waals surface area contributed by atoms with Gasteiger partial charge in [-0.2, -0.15) is 0 Å². The third-order valence-electron chi connectivity index (χ3n) is 2.69. The molecule has 2 aromatic carbocycles. The van der Waals surface area contributed by atoms with E-state index in [1.165, 1.54) is 0 Å². The zero-order valence-electron chi connectivity index (χ0n) is 9.67. The number of nitrogens with two attached hydrogens (primary N) is 1. The molecule has 0 saturated carbocycles. The third kappa shape index (κ3) is 2.56. The largest absolute Gasteiger partial charge is 0.478 e. The first kappa shape index (κ1) is 12.3. The van der Waals surface area contributed by atoms with Gasteiger partial charge in [-0.15, -0.1) is 0 Å². The van der Waals surface area contributed by atoms with Gasteiger partial charge in [0.1, 0.15) is 0 Å². The highest BCUT2D eigenvalue weighted by Crippen LogP contribution is 2.22. The number of carboxylic acids is 1. The van der Waals surface area contributed by atoms with Crippen LogP contribution < -0.4 is 5.90 Å². The number of hydrogen-bond acceptors (Lipinski definition) is 3. The summed E-state index contributed by atoms with van der Waals surface area (Å²) < 4.78 is 0. The van der Waals surface area contributed by atoms with E-state index in [0.29, 0.717) is 5.56 Å². The summed E-state index contributed by atoms with van der Waals surface area (Å²) in [5.41, 5.74) is 2.60. The van der Waals surface area contributed by atoms with E-state index < -0.39 is 5.97 Å². The zero-order chi connectivity index (χ0) is 13.0. The van der Waals surface area contributed by atoms with Crippen molar-refractivity contribution >= 4 is 5.97 Å². The van der Waals surface area contributed by atoms with Crippen LogP contribution in [0.4, 0.5) is 0 Å². The van der Waals surface area contributed by atoms with E-state index >= 15 is 0 Å². The molecule has 4 heteroatoms. The third-order valence-corrected chi connectivity index (χ3v) is 2.69. The molecule has 0 fully saturated rings. The highest BCUT2D eigenvalue weighted by molar-refractivity contribution is 5.91. The highest BCUT2D eigenvalue weighted by atomic mass is 16.6. The van der Waals surface area contributed by atoms with Crippen LogP contribution in [0.15, 0.2) is 48.5 Å². The maximum absolute atomic E-state index is 11.2. The minimum atomic E-state index is -0.986. The van der Waals surface area contributed by atoms with Crippen molar-refractivity contribution < 1.29 is 14.7 Å². The molecule has 0 saturated heterocycles. The van der Waals surface area contributed by atoms with Gasteiger partial charge in [0.2, 0.25) is 0 Å². The van der Waals surface area contributed by atoms with Crippen LogP contribution in [0.3, 0.4) is 0 Å². The van der Waals surface area contributed by atoms with E-state index in [9.17, 15) is 4.79 Å². The monoisotopic (exact) mass is 243 g/mol. The minimum absolute atomic E-state index is 0.0801. The molecule has 18 heavy (non-hydrogen) atoms. The molecule has 2 aromatic rings. The molecule has 0 amide bonds. The molecule has 0 aliphatic carbocycles. The lowest BCUT2D eigenvalue weighted by Crippen LogP contribution is -2.06. The maximum Gasteiger partial charge on any atom is 0.336 e. The van der Waals surface area contributed by atoms with Crippen LogP contribution in [0.5, 0.6) is 0 Å². The summed E-state index contributed by atoms with van der Waals surface area (Å²) in [7, 11) is 0. The molecule has 0 radical (unpaired) electrons. The maximum atomic E-state index is 11.2. The van der Waals surface area contributed by atoms with Crippen LogP contribution in [0.2, 0.25) is 0 Å². The van der Waals surface area contributed by atoms with Gasteiger partial charge in [-0.1, -0.05) is 42.5 Å². The lowest BCUT2D eigenvalue weighted by atomic mass is 9.99. The molecule has 4 nitrogen and oxygen atoms in total.